The summed E-state index contributed by atoms with van der Waals surface area (Å²) in [5.74, 6) is 0. The maximum atomic E-state index is 6.19. The molecule has 0 amide bonds. The number of alkyl halides is 1. The Bertz CT molecular complexity index is 756. The van der Waals surface area contributed by atoms with Gasteiger partial charge >= 0.3 is 0 Å². The number of rotatable bonds is 3. The molecule has 3 rings (SSSR count). The number of nitrogens with zero attached hydrogens (tertiary/aromatic N) is 4. The minimum atomic E-state index is -0.110. The number of hydrogen-bond acceptors (Lipinski definition) is 3. The molecule has 0 saturated heterocycles. The van der Waals surface area contributed by atoms with E-state index >= 15 is 0 Å². The van der Waals surface area contributed by atoms with Crippen molar-refractivity contribution in [3.63, 3.8) is 0 Å². The molecule has 1 aromatic carbocycles. The summed E-state index contributed by atoms with van der Waals surface area (Å²) < 4.78 is 2.68. The highest BCUT2D eigenvalue weighted by Gasteiger charge is 2.12. The topological polar surface area (TPSA) is 43.6 Å². The molecule has 0 fully saturated rings. The fourth-order valence-electron chi connectivity index (χ4n) is 2.05. The van der Waals surface area contributed by atoms with Gasteiger partial charge in [0.2, 0.25) is 0 Å². The number of fused-ring (bicyclic) bond motifs is 1. The first kappa shape index (κ1) is 13.5. The van der Waals surface area contributed by atoms with Gasteiger partial charge in [0.15, 0.2) is 0 Å². The van der Waals surface area contributed by atoms with Gasteiger partial charge in [0.05, 0.1) is 22.8 Å². The van der Waals surface area contributed by atoms with Gasteiger partial charge in [-0.15, -0.1) is 16.7 Å². The fraction of sp³-hybridized carbons (Fsp3) is 0.214. The van der Waals surface area contributed by atoms with Crippen LogP contribution in [0.5, 0.6) is 0 Å². The van der Waals surface area contributed by atoms with Crippen LogP contribution in [-0.4, -0.2) is 20.0 Å². The maximum absolute atomic E-state index is 6.19. The van der Waals surface area contributed by atoms with Crippen LogP contribution in [-0.2, 0) is 0 Å². The zero-order chi connectivity index (χ0) is 14.1. The van der Waals surface area contributed by atoms with Gasteiger partial charge in [0, 0.05) is 16.1 Å². The van der Waals surface area contributed by atoms with E-state index in [2.05, 4.69) is 31.2 Å². The molecule has 0 aliphatic carbocycles. The van der Waals surface area contributed by atoms with E-state index in [1.807, 2.05) is 37.4 Å². The zero-order valence-corrected chi connectivity index (χ0v) is 13.1. The summed E-state index contributed by atoms with van der Waals surface area (Å²) in [4.78, 5) is 4.46. The smallest absolute Gasteiger partial charge is 0.101 e. The molecule has 102 valence electrons. The van der Waals surface area contributed by atoms with E-state index in [0.717, 1.165) is 33.2 Å². The zero-order valence-electron chi connectivity index (χ0n) is 10.8. The van der Waals surface area contributed by atoms with Gasteiger partial charge in [-0.2, -0.15) is 0 Å². The molecular formula is C14H12BrClN4. The number of halogens is 2. The molecule has 2 aromatic heterocycles. The first-order valence-electron chi connectivity index (χ1n) is 6.30. The van der Waals surface area contributed by atoms with Crippen LogP contribution >= 0.6 is 27.5 Å². The summed E-state index contributed by atoms with van der Waals surface area (Å²) in [5.41, 5.74) is 2.56. The highest BCUT2D eigenvalue weighted by molar-refractivity contribution is 9.10. The highest BCUT2D eigenvalue weighted by Crippen LogP contribution is 2.25. The Morgan fingerprint density at radius 3 is 3.05 bits per heavy atom. The van der Waals surface area contributed by atoms with Crippen LogP contribution in [0.1, 0.15) is 24.4 Å². The van der Waals surface area contributed by atoms with Crippen LogP contribution < -0.4 is 0 Å². The number of aromatic nitrogens is 4. The maximum Gasteiger partial charge on any atom is 0.101 e. The number of hydrogen-bond donors (Lipinski definition) is 0. The second-order valence-corrected chi connectivity index (χ2v) is 5.91. The molecule has 1 unspecified atom stereocenters. The van der Waals surface area contributed by atoms with Gasteiger partial charge in [-0.3, -0.25) is 4.98 Å². The van der Waals surface area contributed by atoms with Gasteiger partial charge in [-0.25, -0.2) is 4.68 Å². The first-order chi connectivity index (χ1) is 9.69. The summed E-state index contributed by atoms with van der Waals surface area (Å²) in [6.07, 6.45) is 4.46. The highest BCUT2D eigenvalue weighted by atomic mass is 79.9. The average molecular weight is 352 g/mol. The van der Waals surface area contributed by atoms with Crippen LogP contribution in [0.2, 0.25) is 0 Å². The van der Waals surface area contributed by atoms with Crippen LogP contribution in [0.15, 0.2) is 41.1 Å². The molecule has 6 heteroatoms. The molecule has 0 N–H and O–H groups in total. The predicted octanol–water partition coefficient (Wildman–Crippen LogP) is 4.27. The molecule has 0 saturated carbocycles. The van der Waals surface area contributed by atoms with Gasteiger partial charge < -0.3 is 0 Å². The molecular weight excluding hydrogens is 340 g/mol. The SMILES string of the molecule is CCC(Cl)c1cn(-c2cccc3cc(Br)cnc23)nn1. The molecule has 2 heterocycles. The van der Waals surface area contributed by atoms with E-state index in [-0.39, 0.29) is 5.38 Å². The fourth-order valence-corrected chi connectivity index (χ4v) is 2.50. The third-order valence-electron chi connectivity index (χ3n) is 3.09. The molecule has 0 aliphatic rings. The lowest BCUT2D eigenvalue weighted by molar-refractivity contribution is 0.788. The second-order valence-electron chi connectivity index (χ2n) is 4.47. The van der Waals surface area contributed by atoms with Crippen molar-refractivity contribution >= 4 is 38.4 Å². The lowest BCUT2D eigenvalue weighted by Crippen LogP contribution is -1.97. The second kappa shape index (κ2) is 5.50. The molecule has 0 radical (unpaired) electrons. The number of benzene rings is 1. The summed E-state index contributed by atoms with van der Waals surface area (Å²) in [5, 5.41) is 9.23. The van der Waals surface area contributed by atoms with Crippen molar-refractivity contribution in [3.8, 4) is 5.69 Å². The lowest BCUT2D eigenvalue weighted by Gasteiger charge is -2.05. The van der Waals surface area contributed by atoms with Crippen molar-refractivity contribution in [1.29, 1.82) is 0 Å². The standard InChI is InChI=1S/C14H12BrClN4/c1-2-11(16)12-8-20(19-18-12)13-5-3-4-9-6-10(15)7-17-14(9)13/h3-8,11H,2H2,1H3. The Morgan fingerprint density at radius 1 is 1.40 bits per heavy atom. The van der Waals surface area contributed by atoms with Crippen LogP contribution in [0.3, 0.4) is 0 Å². The molecule has 0 aliphatic heterocycles. The summed E-state index contributed by atoms with van der Waals surface area (Å²) in [6, 6.07) is 7.99. The quantitative estimate of drug-likeness (QED) is 0.662. The largest absolute Gasteiger partial charge is 0.253 e. The monoisotopic (exact) mass is 350 g/mol. The Balaban J connectivity index is 2.12. The number of pyridine rings is 1. The van der Waals surface area contributed by atoms with E-state index in [9.17, 15) is 0 Å². The summed E-state index contributed by atoms with van der Waals surface area (Å²) >= 11 is 9.62. The molecule has 0 bridgehead atoms. The Morgan fingerprint density at radius 2 is 2.25 bits per heavy atom. The summed E-state index contributed by atoms with van der Waals surface area (Å²) in [6.45, 7) is 2.02. The van der Waals surface area contributed by atoms with Crippen molar-refractivity contribution in [2.45, 2.75) is 18.7 Å². The average Bonchev–Trinajstić information content (AvgIpc) is 2.95. The third kappa shape index (κ3) is 2.43. The molecule has 20 heavy (non-hydrogen) atoms. The molecule has 0 spiro atoms. The van der Waals surface area contributed by atoms with Crippen molar-refractivity contribution in [2.24, 2.45) is 0 Å². The van der Waals surface area contributed by atoms with Gasteiger partial charge in [-0.05, 0) is 34.5 Å². The van der Waals surface area contributed by atoms with Crippen LogP contribution in [0.4, 0.5) is 0 Å². The van der Waals surface area contributed by atoms with E-state index < -0.39 is 0 Å². The third-order valence-corrected chi connectivity index (χ3v) is 4.06. The van der Waals surface area contributed by atoms with Crippen LogP contribution in [0.25, 0.3) is 16.6 Å². The first-order valence-corrected chi connectivity index (χ1v) is 7.53. The van der Waals surface area contributed by atoms with Crippen molar-refractivity contribution in [1.82, 2.24) is 20.0 Å². The Kier molecular flexibility index (Phi) is 3.72. The van der Waals surface area contributed by atoms with Crippen molar-refractivity contribution in [2.75, 3.05) is 0 Å². The van der Waals surface area contributed by atoms with E-state index in [1.165, 1.54) is 0 Å². The molecule has 1 atom stereocenters. The Hall–Kier alpha value is -1.46. The molecule has 4 nitrogen and oxygen atoms in total. The van der Waals surface area contributed by atoms with E-state index in [0.29, 0.717) is 0 Å². The van der Waals surface area contributed by atoms with Gasteiger partial charge in [-0.1, -0.05) is 24.3 Å². The van der Waals surface area contributed by atoms with Crippen molar-refractivity contribution in [3.05, 3.63) is 46.8 Å². The van der Waals surface area contributed by atoms with E-state index in [4.69, 9.17) is 11.6 Å². The minimum absolute atomic E-state index is 0.110. The number of para-hydroxylation sites is 1. The Labute approximate surface area is 129 Å². The van der Waals surface area contributed by atoms with Gasteiger partial charge in [0.1, 0.15) is 5.69 Å². The summed E-state index contributed by atoms with van der Waals surface area (Å²) in [7, 11) is 0. The minimum Gasteiger partial charge on any atom is -0.253 e. The van der Waals surface area contributed by atoms with Crippen molar-refractivity contribution < 1.29 is 0 Å². The normalized spacial score (nSPS) is 12.8. The van der Waals surface area contributed by atoms with E-state index in [1.54, 1.807) is 10.9 Å². The lowest BCUT2D eigenvalue weighted by atomic mass is 10.2. The van der Waals surface area contributed by atoms with Crippen LogP contribution in [0, 0.1) is 0 Å². The predicted molar refractivity (Wildman–Crippen MR) is 83.2 cm³/mol. The molecule has 3 aromatic rings. The van der Waals surface area contributed by atoms with Gasteiger partial charge in [0.25, 0.3) is 0 Å².